The lowest BCUT2D eigenvalue weighted by Crippen LogP contribution is -1.95. The quantitative estimate of drug-likeness (QED) is 0.198. The summed E-state index contributed by atoms with van der Waals surface area (Å²) in [6.45, 7) is 0. The third-order valence-electron chi connectivity index (χ3n) is 9.37. The fourth-order valence-corrected chi connectivity index (χ4v) is 7.12. The topological polar surface area (TPSA) is 43.9 Å². The van der Waals surface area contributed by atoms with E-state index in [2.05, 4.69) is 114 Å². The lowest BCUT2D eigenvalue weighted by Gasteiger charge is -2.12. The van der Waals surface area contributed by atoms with Gasteiger partial charge in [-0.05, 0) is 65.7 Å². The molecular weight excluding hydrogens is 587 g/mol. The van der Waals surface area contributed by atoms with Gasteiger partial charge in [-0.25, -0.2) is 9.97 Å². The molecular formula is C44H27N3O. The zero-order valence-corrected chi connectivity index (χ0v) is 25.8. The summed E-state index contributed by atoms with van der Waals surface area (Å²) >= 11 is 0. The van der Waals surface area contributed by atoms with Crippen molar-refractivity contribution in [3.8, 4) is 39.3 Å². The molecule has 0 saturated carbocycles. The third-order valence-corrected chi connectivity index (χ3v) is 9.37. The highest BCUT2D eigenvalue weighted by Gasteiger charge is 2.18. The van der Waals surface area contributed by atoms with Gasteiger partial charge < -0.3 is 8.98 Å². The van der Waals surface area contributed by atoms with Crippen LogP contribution in [-0.2, 0) is 0 Å². The van der Waals surface area contributed by atoms with Crippen LogP contribution in [0.5, 0.6) is 0 Å². The maximum Gasteiger partial charge on any atom is 0.137 e. The Hall–Kier alpha value is -6.52. The lowest BCUT2D eigenvalue weighted by atomic mass is 9.97. The monoisotopic (exact) mass is 613 g/mol. The van der Waals surface area contributed by atoms with E-state index in [1.165, 1.54) is 10.8 Å². The SMILES string of the molecule is c1ccc(-c2nc3ccccc3nc2-c2cccc(-c3ccc4c(c3)c3cc5c(cc3n4-c3ccccc3)oc3ccccc35)c2)cc1. The van der Waals surface area contributed by atoms with Crippen LogP contribution in [0.15, 0.2) is 168 Å². The van der Waals surface area contributed by atoms with E-state index in [1.54, 1.807) is 0 Å². The highest BCUT2D eigenvalue weighted by atomic mass is 16.3. The molecule has 0 aliphatic rings. The van der Waals surface area contributed by atoms with Gasteiger partial charge in [0.05, 0.1) is 33.5 Å². The highest BCUT2D eigenvalue weighted by molar-refractivity contribution is 6.18. The van der Waals surface area contributed by atoms with Gasteiger partial charge in [0.1, 0.15) is 11.2 Å². The van der Waals surface area contributed by atoms with Crippen LogP contribution in [0.3, 0.4) is 0 Å². The molecule has 0 aliphatic heterocycles. The molecule has 3 aromatic heterocycles. The molecule has 48 heavy (non-hydrogen) atoms. The number of rotatable bonds is 4. The van der Waals surface area contributed by atoms with E-state index >= 15 is 0 Å². The first-order chi connectivity index (χ1) is 23.8. The van der Waals surface area contributed by atoms with Gasteiger partial charge >= 0.3 is 0 Å². The zero-order valence-electron chi connectivity index (χ0n) is 25.8. The van der Waals surface area contributed by atoms with E-state index < -0.39 is 0 Å². The first kappa shape index (κ1) is 26.7. The molecule has 0 aliphatic carbocycles. The Labute approximate surface area is 276 Å². The maximum absolute atomic E-state index is 6.34. The average Bonchev–Trinajstić information content (AvgIpc) is 3.68. The number of aromatic nitrogens is 3. The Bertz CT molecular complexity index is 2830. The number of hydrogen-bond acceptors (Lipinski definition) is 3. The van der Waals surface area contributed by atoms with Crippen molar-refractivity contribution in [1.82, 2.24) is 14.5 Å². The fraction of sp³-hybridized carbons (Fsp3) is 0. The van der Waals surface area contributed by atoms with Gasteiger partial charge in [0, 0.05) is 44.4 Å². The van der Waals surface area contributed by atoms with Crippen LogP contribution in [0.4, 0.5) is 0 Å². The van der Waals surface area contributed by atoms with Crippen molar-refractivity contribution >= 4 is 54.8 Å². The number of hydrogen-bond donors (Lipinski definition) is 0. The molecule has 0 radical (unpaired) electrons. The molecule has 10 rings (SSSR count). The molecule has 0 bridgehead atoms. The molecule has 0 atom stereocenters. The Kier molecular flexibility index (Phi) is 5.84. The zero-order chi connectivity index (χ0) is 31.6. The molecule has 0 unspecified atom stereocenters. The Morgan fingerprint density at radius 1 is 0.375 bits per heavy atom. The number of benzene rings is 7. The van der Waals surface area contributed by atoms with Gasteiger partial charge in [-0.15, -0.1) is 0 Å². The summed E-state index contributed by atoms with van der Waals surface area (Å²) in [5.41, 5.74) is 13.0. The number of nitrogens with zero attached hydrogens (tertiary/aromatic N) is 3. The van der Waals surface area contributed by atoms with E-state index in [0.717, 1.165) is 83.3 Å². The predicted molar refractivity (Wildman–Crippen MR) is 197 cm³/mol. The number of furan rings is 1. The van der Waals surface area contributed by atoms with Gasteiger partial charge in [-0.3, -0.25) is 0 Å². The van der Waals surface area contributed by atoms with Crippen LogP contribution in [0.1, 0.15) is 0 Å². The van der Waals surface area contributed by atoms with Crippen LogP contribution in [0.25, 0.3) is 94.1 Å². The Morgan fingerprint density at radius 3 is 1.81 bits per heavy atom. The average molecular weight is 614 g/mol. The van der Waals surface area contributed by atoms with Gasteiger partial charge in [0.2, 0.25) is 0 Å². The van der Waals surface area contributed by atoms with Gasteiger partial charge in [-0.1, -0.05) is 103 Å². The van der Waals surface area contributed by atoms with Crippen LogP contribution < -0.4 is 0 Å². The fourth-order valence-electron chi connectivity index (χ4n) is 7.12. The summed E-state index contributed by atoms with van der Waals surface area (Å²) in [4.78, 5) is 10.3. The number of para-hydroxylation sites is 4. The van der Waals surface area contributed by atoms with Crippen molar-refractivity contribution < 1.29 is 4.42 Å². The molecule has 3 heterocycles. The summed E-state index contributed by atoms with van der Waals surface area (Å²) in [6, 6.07) is 57.2. The minimum absolute atomic E-state index is 0.873. The minimum Gasteiger partial charge on any atom is -0.456 e. The van der Waals surface area contributed by atoms with E-state index in [-0.39, 0.29) is 0 Å². The van der Waals surface area contributed by atoms with Crippen molar-refractivity contribution in [1.29, 1.82) is 0 Å². The molecule has 0 spiro atoms. The standard InChI is InChI=1S/C44H27N3O/c1-3-12-28(13-4-1)43-44(46-38-20-9-8-19-37(38)45-43)31-15-11-14-29(24-31)30-22-23-39-34(25-30)35-26-36-33-18-7-10-21-41(33)48-42(36)27-40(35)47(39)32-16-5-2-6-17-32/h1-27H. The Morgan fingerprint density at radius 2 is 1.00 bits per heavy atom. The van der Waals surface area contributed by atoms with Crippen molar-refractivity contribution in [2.45, 2.75) is 0 Å². The molecule has 0 amide bonds. The largest absolute Gasteiger partial charge is 0.456 e. The first-order valence-corrected chi connectivity index (χ1v) is 16.2. The van der Waals surface area contributed by atoms with E-state index in [4.69, 9.17) is 14.4 Å². The highest BCUT2D eigenvalue weighted by Crippen LogP contribution is 2.40. The van der Waals surface area contributed by atoms with Crippen LogP contribution >= 0.6 is 0 Å². The molecule has 4 nitrogen and oxygen atoms in total. The second kappa shape index (κ2) is 10.5. The van der Waals surface area contributed by atoms with Gasteiger partial charge in [0.25, 0.3) is 0 Å². The lowest BCUT2D eigenvalue weighted by molar-refractivity contribution is 0.669. The van der Waals surface area contributed by atoms with E-state index in [0.29, 0.717) is 0 Å². The smallest absolute Gasteiger partial charge is 0.137 e. The van der Waals surface area contributed by atoms with Crippen molar-refractivity contribution in [3.63, 3.8) is 0 Å². The van der Waals surface area contributed by atoms with Crippen LogP contribution in [0, 0.1) is 0 Å². The van der Waals surface area contributed by atoms with E-state index in [9.17, 15) is 0 Å². The normalized spacial score (nSPS) is 11.8. The molecule has 224 valence electrons. The summed E-state index contributed by atoms with van der Waals surface area (Å²) in [5, 5.41) is 4.64. The summed E-state index contributed by atoms with van der Waals surface area (Å²) in [5.74, 6) is 0. The maximum atomic E-state index is 6.34. The first-order valence-electron chi connectivity index (χ1n) is 16.2. The van der Waals surface area contributed by atoms with Crippen molar-refractivity contribution in [2.24, 2.45) is 0 Å². The number of fused-ring (bicyclic) bond motifs is 7. The molecule has 0 saturated heterocycles. The summed E-state index contributed by atoms with van der Waals surface area (Å²) in [7, 11) is 0. The molecule has 7 aromatic carbocycles. The second-order valence-corrected chi connectivity index (χ2v) is 12.2. The van der Waals surface area contributed by atoms with Crippen LogP contribution in [-0.4, -0.2) is 14.5 Å². The van der Waals surface area contributed by atoms with Crippen molar-refractivity contribution in [3.05, 3.63) is 164 Å². The third kappa shape index (κ3) is 4.16. The second-order valence-electron chi connectivity index (χ2n) is 12.2. The summed E-state index contributed by atoms with van der Waals surface area (Å²) < 4.78 is 8.68. The van der Waals surface area contributed by atoms with Gasteiger partial charge in [-0.2, -0.15) is 0 Å². The van der Waals surface area contributed by atoms with Gasteiger partial charge in [0.15, 0.2) is 0 Å². The molecule has 4 heteroatoms. The molecule has 10 aromatic rings. The Balaban J connectivity index is 1.19. The predicted octanol–water partition coefficient (Wildman–Crippen LogP) is 11.6. The molecule has 0 N–H and O–H groups in total. The molecule has 0 fully saturated rings. The summed E-state index contributed by atoms with van der Waals surface area (Å²) in [6.07, 6.45) is 0. The van der Waals surface area contributed by atoms with Crippen LogP contribution in [0.2, 0.25) is 0 Å². The van der Waals surface area contributed by atoms with E-state index in [1.807, 2.05) is 54.6 Å². The minimum atomic E-state index is 0.873. The van der Waals surface area contributed by atoms with Crippen molar-refractivity contribution in [2.75, 3.05) is 0 Å².